The first-order chi connectivity index (χ1) is 9.65. The van der Waals surface area contributed by atoms with Crippen LogP contribution in [0.4, 0.5) is 10.5 Å². The van der Waals surface area contributed by atoms with Gasteiger partial charge in [-0.25, -0.2) is 4.79 Å². The normalized spacial score (nSPS) is 9.80. The molecule has 0 aliphatic carbocycles. The van der Waals surface area contributed by atoms with Crippen molar-refractivity contribution < 1.29 is 9.59 Å². The summed E-state index contributed by atoms with van der Waals surface area (Å²) in [6.07, 6.45) is 3.21. The maximum atomic E-state index is 12.0. The van der Waals surface area contributed by atoms with Gasteiger partial charge in [0.2, 0.25) is 0 Å². The largest absolute Gasteiger partial charge is 0.352 e. The molecular weight excluding hydrogens is 256 g/mol. The second-order valence-electron chi connectivity index (χ2n) is 4.11. The number of amides is 3. The molecule has 1 heterocycles. The van der Waals surface area contributed by atoms with Gasteiger partial charge in [0.1, 0.15) is 0 Å². The highest BCUT2D eigenvalue weighted by atomic mass is 16.2. The van der Waals surface area contributed by atoms with Crippen LogP contribution in [0.1, 0.15) is 15.9 Å². The predicted molar refractivity (Wildman–Crippen MR) is 75.1 cm³/mol. The molecule has 2 aromatic rings. The number of carbonyl (C=O) groups excluding carboxylic acids is 2. The molecule has 102 valence electrons. The minimum atomic E-state index is -0.580. The van der Waals surface area contributed by atoms with Crippen LogP contribution in [0, 0.1) is 0 Å². The number of nitrogens with one attached hydrogen (secondary N) is 2. The molecule has 6 nitrogen and oxygen atoms in total. The van der Waals surface area contributed by atoms with Crippen LogP contribution in [0.5, 0.6) is 0 Å². The van der Waals surface area contributed by atoms with Gasteiger partial charge in [-0.3, -0.25) is 9.78 Å². The number of urea groups is 1. The van der Waals surface area contributed by atoms with Crippen LogP contribution in [-0.2, 0) is 6.54 Å². The maximum absolute atomic E-state index is 12.0. The number of benzene rings is 1. The molecule has 0 saturated heterocycles. The van der Waals surface area contributed by atoms with E-state index in [-0.39, 0.29) is 5.91 Å². The lowest BCUT2D eigenvalue weighted by Gasteiger charge is -2.06. The molecular formula is C14H14N4O2. The SMILES string of the molecule is NC(=O)NCc1ccc(C(=O)Nc2cccnc2)cc1. The van der Waals surface area contributed by atoms with E-state index >= 15 is 0 Å². The van der Waals surface area contributed by atoms with E-state index in [1.54, 1.807) is 48.8 Å². The molecule has 6 heteroatoms. The third-order valence-corrected chi connectivity index (χ3v) is 2.60. The van der Waals surface area contributed by atoms with E-state index in [1.807, 2.05) is 0 Å². The van der Waals surface area contributed by atoms with Gasteiger partial charge in [0.05, 0.1) is 11.9 Å². The molecule has 0 fully saturated rings. The molecule has 0 bridgehead atoms. The highest BCUT2D eigenvalue weighted by Gasteiger charge is 2.06. The fourth-order valence-electron chi connectivity index (χ4n) is 1.60. The molecule has 1 aromatic heterocycles. The summed E-state index contributed by atoms with van der Waals surface area (Å²) in [7, 11) is 0. The number of anilines is 1. The number of pyridine rings is 1. The summed E-state index contributed by atoms with van der Waals surface area (Å²) >= 11 is 0. The van der Waals surface area contributed by atoms with Crippen molar-refractivity contribution in [3.63, 3.8) is 0 Å². The predicted octanol–water partition coefficient (Wildman–Crippen LogP) is 1.50. The zero-order valence-corrected chi connectivity index (χ0v) is 10.7. The monoisotopic (exact) mass is 270 g/mol. The summed E-state index contributed by atoms with van der Waals surface area (Å²) in [6.45, 7) is 0.333. The maximum Gasteiger partial charge on any atom is 0.312 e. The van der Waals surface area contributed by atoms with Gasteiger partial charge < -0.3 is 16.4 Å². The lowest BCUT2D eigenvalue weighted by atomic mass is 10.1. The number of rotatable bonds is 4. The van der Waals surface area contributed by atoms with Crippen LogP contribution in [0.2, 0.25) is 0 Å². The van der Waals surface area contributed by atoms with E-state index < -0.39 is 6.03 Å². The summed E-state index contributed by atoms with van der Waals surface area (Å²) in [4.78, 5) is 26.5. The smallest absolute Gasteiger partial charge is 0.312 e. The summed E-state index contributed by atoms with van der Waals surface area (Å²) < 4.78 is 0. The Morgan fingerprint density at radius 2 is 1.90 bits per heavy atom. The van der Waals surface area contributed by atoms with E-state index in [0.29, 0.717) is 17.8 Å². The molecule has 0 atom stereocenters. The van der Waals surface area contributed by atoms with Crippen LogP contribution < -0.4 is 16.4 Å². The topological polar surface area (TPSA) is 97.1 Å². The van der Waals surface area contributed by atoms with Gasteiger partial charge in [-0.15, -0.1) is 0 Å². The highest BCUT2D eigenvalue weighted by molar-refractivity contribution is 6.04. The first-order valence-corrected chi connectivity index (χ1v) is 5.99. The first kappa shape index (κ1) is 13.5. The highest BCUT2D eigenvalue weighted by Crippen LogP contribution is 2.09. The summed E-state index contributed by atoms with van der Waals surface area (Å²) in [5.41, 5.74) is 7.01. The van der Waals surface area contributed by atoms with Gasteiger partial charge in [-0.1, -0.05) is 12.1 Å². The van der Waals surface area contributed by atoms with Gasteiger partial charge in [0, 0.05) is 18.3 Å². The Kier molecular flexibility index (Phi) is 4.28. The average Bonchev–Trinajstić information content (AvgIpc) is 2.46. The number of hydrogen-bond donors (Lipinski definition) is 3. The molecule has 0 aliphatic heterocycles. The Morgan fingerprint density at radius 1 is 1.15 bits per heavy atom. The van der Waals surface area contributed by atoms with Crippen molar-refractivity contribution >= 4 is 17.6 Å². The number of aromatic nitrogens is 1. The summed E-state index contributed by atoms with van der Waals surface area (Å²) in [5.74, 6) is -0.215. The van der Waals surface area contributed by atoms with Crippen molar-refractivity contribution in [2.75, 3.05) is 5.32 Å². The molecule has 4 N–H and O–H groups in total. The standard InChI is InChI=1S/C14H14N4O2/c15-14(20)17-8-10-3-5-11(6-4-10)13(19)18-12-2-1-7-16-9-12/h1-7,9H,8H2,(H,18,19)(H3,15,17,20). The number of primary amides is 1. The number of carbonyl (C=O) groups is 2. The molecule has 0 radical (unpaired) electrons. The fourth-order valence-corrected chi connectivity index (χ4v) is 1.60. The van der Waals surface area contributed by atoms with Crippen LogP contribution >= 0.6 is 0 Å². The van der Waals surface area contributed by atoms with Crippen LogP contribution in [0.15, 0.2) is 48.8 Å². The van der Waals surface area contributed by atoms with Gasteiger partial charge in [0.15, 0.2) is 0 Å². The zero-order valence-electron chi connectivity index (χ0n) is 10.7. The Bertz CT molecular complexity index is 596. The summed E-state index contributed by atoms with van der Waals surface area (Å²) in [5, 5.41) is 5.22. The fraction of sp³-hybridized carbons (Fsp3) is 0.0714. The lowest BCUT2D eigenvalue weighted by Crippen LogP contribution is -2.28. The van der Waals surface area contributed by atoms with Gasteiger partial charge in [-0.2, -0.15) is 0 Å². The number of nitrogens with zero attached hydrogens (tertiary/aromatic N) is 1. The Morgan fingerprint density at radius 3 is 2.50 bits per heavy atom. The first-order valence-electron chi connectivity index (χ1n) is 5.99. The third kappa shape index (κ3) is 3.81. The second kappa shape index (κ2) is 6.33. The number of nitrogens with two attached hydrogens (primary N) is 1. The van der Waals surface area contributed by atoms with E-state index in [1.165, 1.54) is 0 Å². The Balaban J connectivity index is 1.99. The molecule has 3 amide bonds. The summed E-state index contributed by atoms with van der Waals surface area (Å²) in [6, 6.07) is 9.81. The molecule has 20 heavy (non-hydrogen) atoms. The van der Waals surface area contributed by atoms with Crippen molar-refractivity contribution in [2.24, 2.45) is 5.73 Å². The zero-order chi connectivity index (χ0) is 14.4. The van der Waals surface area contributed by atoms with Crippen molar-refractivity contribution in [2.45, 2.75) is 6.54 Å². The second-order valence-corrected chi connectivity index (χ2v) is 4.11. The third-order valence-electron chi connectivity index (χ3n) is 2.60. The van der Waals surface area contributed by atoms with Crippen LogP contribution in [0.25, 0.3) is 0 Å². The molecule has 1 aromatic carbocycles. The van der Waals surface area contributed by atoms with Crippen molar-refractivity contribution in [3.05, 3.63) is 59.9 Å². The van der Waals surface area contributed by atoms with Crippen molar-refractivity contribution in [3.8, 4) is 0 Å². The average molecular weight is 270 g/mol. The van der Waals surface area contributed by atoms with Gasteiger partial charge in [-0.05, 0) is 29.8 Å². The molecule has 0 saturated carbocycles. The molecule has 0 unspecified atom stereocenters. The van der Waals surface area contributed by atoms with Gasteiger partial charge in [0.25, 0.3) is 5.91 Å². The quantitative estimate of drug-likeness (QED) is 0.785. The van der Waals surface area contributed by atoms with Crippen molar-refractivity contribution in [1.29, 1.82) is 0 Å². The molecule has 0 aliphatic rings. The lowest BCUT2D eigenvalue weighted by molar-refractivity contribution is 0.102. The van der Waals surface area contributed by atoms with E-state index in [9.17, 15) is 9.59 Å². The number of hydrogen-bond acceptors (Lipinski definition) is 3. The van der Waals surface area contributed by atoms with Crippen molar-refractivity contribution in [1.82, 2.24) is 10.3 Å². The van der Waals surface area contributed by atoms with E-state index in [2.05, 4.69) is 15.6 Å². The molecule has 2 rings (SSSR count). The van der Waals surface area contributed by atoms with Crippen LogP contribution in [0.3, 0.4) is 0 Å². The van der Waals surface area contributed by atoms with Gasteiger partial charge >= 0.3 is 6.03 Å². The minimum absolute atomic E-state index is 0.215. The Labute approximate surface area is 116 Å². The van der Waals surface area contributed by atoms with Crippen LogP contribution in [-0.4, -0.2) is 16.9 Å². The molecule has 0 spiro atoms. The van der Waals surface area contributed by atoms with E-state index in [4.69, 9.17) is 5.73 Å². The van der Waals surface area contributed by atoms with E-state index in [0.717, 1.165) is 5.56 Å². The Hall–Kier alpha value is -2.89. The minimum Gasteiger partial charge on any atom is -0.352 e.